The van der Waals surface area contributed by atoms with Crippen LogP contribution in [0.15, 0.2) is 48.5 Å². The second-order valence-electron chi connectivity index (χ2n) is 7.25. The number of nitrogens with one attached hydrogen (secondary N) is 1. The molecule has 6 heteroatoms. The molecule has 4 rings (SSSR count). The summed E-state index contributed by atoms with van der Waals surface area (Å²) in [6.07, 6.45) is 0.902. The summed E-state index contributed by atoms with van der Waals surface area (Å²) in [5.74, 6) is 1.97. The van der Waals surface area contributed by atoms with Crippen molar-refractivity contribution in [2.45, 2.75) is 27.2 Å². The Hall–Kier alpha value is -3.41. The molecule has 0 saturated carbocycles. The van der Waals surface area contributed by atoms with Gasteiger partial charge >= 0.3 is 0 Å². The molecule has 30 heavy (non-hydrogen) atoms. The number of para-hydroxylation sites is 2. The van der Waals surface area contributed by atoms with Gasteiger partial charge in [0.15, 0.2) is 11.5 Å². The van der Waals surface area contributed by atoms with Crippen LogP contribution >= 0.6 is 0 Å². The number of rotatable bonds is 6. The van der Waals surface area contributed by atoms with E-state index in [-0.39, 0.29) is 5.91 Å². The van der Waals surface area contributed by atoms with Gasteiger partial charge in [0.1, 0.15) is 19.0 Å². The van der Waals surface area contributed by atoms with E-state index in [0.717, 1.165) is 35.0 Å². The Balaban J connectivity index is 1.62. The molecule has 0 saturated heterocycles. The highest BCUT2D eigenvalue weighted by Gasteiger charge is 2.20. The summed E-state index contributed by atoms with van der Waals surface area (Å²) in [7, 11) is 0. The summed E-state index contributed by atoms with van der Waals surface area (Å²) < 4.78 is 19.1. The molecule has 1 N–H and O–H groups in total. The number of hydrogen-bond acceptors (Lipinski definition) is 4. The molecule has 0 spiro atoms. The van der Waals surface area contributed by atoms with Crippen molar-refractivity contribution in [3.8, 4) is 22.9 Å². The summed E-state index contributed by atoms with van der Waals surface area (Å²) in [5.41, 5.74) is 4.03. The largest absolute Gasteiger partial charge is 0.491 e. The van der Waals surface area contributed by atoms with Gasteiger partial charge in [0.05, 0.1) is 17.9 Å². The molecule has 0 aliphatic carbocycles. The molecule has 0 fully saturated rings. The van der Waals surface area contributed by atoms with Crippen molar-refractivity contribution in [1.82, 2.24) is 4.57 Å². The first kappa shape index (κ1) is 19.9. The highest BCUT2D eigenvalue weighted by Crippen LogP contribution is 2.34. The fourth-order valence-corrected chi connectivity index (χ4v) is 3.66. The Bertz CT molecular complexity index is 1070. The predicted molar refractivity (Wildman–Crippen MR) is 116 cm³/mol. The van der Waals surface area contributed by atoms with Crippen LogP contribution in [0.5, 0.6) is 17.2 Å². The van der Waals surface area contributed by atoms with Gasteiger partial charge in [0.25, 0.3) is 5.91 Å². The molecular weight excluding hydrogens is 380 g/mol. The van der Waals surface area contributed by atoms with Crippen molar-refractivity contribution in [2.75, 3.05) is 25.1 Å². The minimum Gasteiger partial charge on any atom is -0.491 e. The van der Waals surface area contributed by atoms with E-state index in [1.165, 1.54) is 0 Å². The first-order valence-corrected chi connectivity index (χ1v) is 10.2. The molecule has 1 aliphatic heterocycles. The van der Waals surface area contributed by atoms with Crippen molar-refractivity contribution in [2.24, 2.45) is 0 Å². The number of carbonyl (C=O) groups is 1. The molecule has 6 nitrogen and oxygen atoms in total. The number of benzene rings is 2. The highest BCUT2D eigenvalue weighted by atomic mass is 16.6. The molecule has 0 radical (unpaired) electrons. The Labute approximate surface area is 176 Å². The van der Waals surface area contributed by atoms with Gasteiger partial charge in [-0.1, -0.05) is 19.1 Å². The minimum absolute atomic E-state index is 0.167. The van der Waals surface area contributed by atoms with Crippen LogP contribution in [-0.2, 0) is 0 Å². The lowest BCUT2D eigenvalue weighted by Gasteiger charge is -2.20. The van der Waals surface area contributed by atoms with Crippen LogP contribution in [-0.4, -0.2) is 30.3 Å². The number of nitrogens with zero attached hydrogens (tertiary/aromatic N) is 1. The van der Waals surface area contributed by atoms with Gasteiger partial charge < -0.3 is 24.1 Å². The molecule has 0 atom stereocenters. The molecule has 1 amide bonds. The van der Waals surface area contributed by atoms with Gasteiger partial charge in [0, 0.05) is 23.1 Å². The van der Waals surface area contributed by atoms with Crippen LogP contribution in [0.1, 0.15) is 35.1 Å². The second-order valence-corrected chi connectivity index (χ2v) is 7.25. The Morgan fingerprint density at radius 3 is 2.63 bits per heavy atom. The maximum Gasteiger partial charge on any atom is 0.257 e. The predicted octanol–water partition coefficient (Wildman–Crippen LogP) is 4.91. The van der Waals surface area contributed by atoms with E-state index in [1.54, 1.807) is 0 Å². The summed E-state index contributed by atoms with van der Waals surface area (Å²) in [6, 6.07) is 15.2. The third-order valence-corrected chi connectivity index (χ3v) is 5.06. The van der Waals surface area contributed by atoms with Gasteiger partial charge in [-0.3, -0.25) is 4.79 Å². The van der Waals surface area contributed by atoms with E-state index in [1.807, 2.05) is 73.9 Å². The van der Waals surface area contributed by atoms with Crippen molar-refractivity contribution in [1.29, 1.82) is 0 Å². The summed E-state index contributed by atoms with van der Waals surface area (Å²) >= 11 is 0. The van der Waals surface area contributed by atoms with E-state index in [9.17, 15) is 4.79 Å². The fraction of sp³-hybridized carbons (Fsp3) is 0.292. The topological polar surface area (TPSA) is 61.7 Å². The van der Waals surface area contributed by atoms with Gasteiger partial charge in [-0.2, -0.15) is 0 Å². The van der Waals surface area contributed by atoms with Gasteiger partial charge in [-0.25, -0.2) is 0 Å². The number of aromatic nitrogens is 1. The van der Waals surface area contributed by atoms with Crippen LogP contribution < -0.4 is 19.5 Å². The van der Waals surface area contributed by atoms with Gasteiger partial charge in [-0.05, 0) is 50.6 Å². The molecule has 1 aliphatic rings. The lowest BCUT2D eigenvalue weighted by molar-refractivity contribution is 0.102. The average molecular weight is 406 g/mol. The van der Waals surface area contributed by atoms with Crippen LogP contribution in [0.4, 0.5) is 5.69 Å². The standard InChI is InChI=1S/C24H26N2O4/c1-4-11-28-21-8-6-5-7-20(21)25-24(27)19-14-16(2)26(17(19)3)18-9-10-22-23(15-18)30-13-12-29-22/h5-10,14-15H,4,11-13H2,1-3H3,(H,25,27). The molecule has 2 heterocycles. The molecule has 156 valence electrons. The van der Waals surface area contributed by atoms with Crippen LogP contribution in [0.2, 0.25) is 0 Å². The lowest BCUT2D eigenvalue weighted by atomic mass is 10.2. The number of fused-ring (bicyclic) bond motifs is 1. The zero-order valence-electron chi connectivity index (χ0n) is 17.5. The first-order valence-electron chi connectivity index (χ1n) is 10.2. The number of amides is 1. The molecule has 3 aromatic rings. The molecule has 0 bridgehead atoms. The Morgan fingerprint density at radius 1 is 1.07 bits per heavy atom. The SMILES string of the molecule is CCCOc1ccccc1NC(=O)c1cc(C)n(-c2ccc3c(c2)OCCO3)c1C. The molecular formula is C24H26N2O4. The van der Waals surface area contributed by atoms with E-state index in [2.05, 4.69) is 5.32 Å². The third-order valence-electron chi connectivity index (χ3n) is 5.06. The zero-order chi connectivity index (χ0) is 21.1. The van der Waals surface area contributed by atoms with Crippen molar-refractivity contribution >= 4 is 11.6 Å². The van der Waals surface area contributed by atoms with Crippen molar-refractivity contribution in [3.05, 3.63) is 65.5 Å². The summed E-state index contributed by atoms with van der Waals surface area (Å²) in [4.78, 5) is 13.1. The quantitative estimate of drug-likeness (QED) is 0.632. The third kappa shape index (κ3) is 3.85. The summed E-state index contributed by atoms with van der Waals surface area (Å²) in [6.45, 7) is 7.67. The average Bonchev–Trinajstić information content (AvgIpc) is 3.06. The smallest absolute Gasteiger partial charge is 0.257 e. The Kier molecular flexibility index (Phi) is 5.65. The maximum absolute atomic E-state index is 13.1. The Morgan fingerprint density at radius 2 is 1.83 bits per heavy atom. The number of carbonyl (C=O) groups excluding carboxylic acids is 1. The summed E-state index contributed by atoms with van der Waals surface area (Å²) in [5, 5.41) is 3.00. The van der Waals surface area contributed by atoms with E-state index < -0.39 is 0 Å². The van der Waals surface area contributed by atoms with Crippen LogP contribution in [0.3, 0.4) is 0 Å². The maximum atomic E-state index is 13.1. The van der Waals surface area contributed by atoms with E-state index in [0.29, 0.717) is 36.8 Å². The molecule has 2 aromatic carbocycles. The number of hydrogen-bond donors (Lipinski definition) is 1. The number of aryl methyl sites for hydroxylation is 1. The number of ether oxygens (including phenoxy) is 3. The fourth-order valence-electron chi connectivity index (χ4n) is 3.66. The minimum atomic E-state index is -0.167. The number of anilines is 1. The molecule has 0 unspecified atom stereocenters. The van der Waals surface area contributed by atoms with E-state index in [4.69, 9.17) is 14.2 Å². The van der Waals surface area contributed by atoms with Crippen LogP contribution in [0, 0.1) is 13.8 Å². The van der Waals surface area contributed by atoms with Gasteiger partial charge in [0.2, 0.25) is 0 Å². The van der Waals surface area contributed by atoms with E-state index >= 15 is 0 Å². The normalized spacial score (nSPS) is 12.5. The van der Waals surface area contributed by atoms with Crippen molar-refractivity contribution in [3.63, 3.8) is 0 Å². The molecule has 1 aromatic heterocycles. The monoisotopic (exact) mass is 406 g/mol. The van der Waals surface area contributed by atoms with Crippen molar-refractivity contribution < 1.29 is 19.0 Å². The highest BCUT2D eigenvalue weighted by molar-refractivity contribution is 6.06. The van der Waals surface area contributed by atoms with Gasteiger partial charge in [-0.15, -0.1) is 0 Å². The van der Waals surface area contributed by atoms with Crippen LogP contribution in [0.25, 0.3) is 5.69 Å². The second kappa shape index (κ2) is 8.53. The first-order chi connectivity index (χ1) is 14.6. The zero-order valence-corrected chi connectivity index (χ0v) is 17.5. The lowest BCUT2D eigenvalue weighted by Crippen LogP contribution is -2.16.